The first kappa shape index (κ1) is 11.4. The molecule has 0 aliphatic heterocycles. The Labute approximate surface area is 74.1 Å². The van der Waals surface area contributed by atoms with Gasteiger partial charge in [-0.25, -0.2) is 0 Å². The molecule has 0 saturated heterocycles. The Hall–Kier alpha value is -0.610. The molecular formula is C8H19N3O. The van der Waals surface area contributed by atoms with Crippen LogP contribution in [0.4, 0.5) is 0 Å². The Morgan fingerprint density at radius 2 is 2.25 bits per heavy atom. The highest BCUT2D eigenvalue weighted by Crippen LogP contribution is 1.79. The Bertz CT molecular complexity index is 136. The largest absolute Gasteiger partial charge is 0.353 e. The fourth-order valence-electron chi connectivity index (χ4n) is 0.689. The van der Waals surface area contributed by atoms with Gasteiger partial charge in [0.15, 0.2) is 0 Å². The van der Waals surface area contributed by atoms with Crippen LogP contribution in [0.1, 0.15) is 13.8 Å². The molecule has 0 aliphatic carbocycles. The molecule has 72 valence electrons. The van der Waals surface area contributed by atoms with Crippen molar-refractivity contribution in [1.29, 1.82) is 0 Å². The zero-order chi connectivity index (χ0) is 9.56. The number of nitrogens with one attached hydrogen (secondary N) is 1. The number of likely N-dealkylation sites (N-methyl/N-ethyl adjacent to an activating group) is 1. The van der Waals surface area contributed by atoms with Crippen molar-refractivity contribution >= 4 is 5.91 Å². The van der Waals surface area contributed by atoms with E-state index in [-0.39, 0.29) is 5.91 Å². The van der Waals surface area contributed by atoms with Gasteiger partial charge in [0.05, 0.1) is 6.04 Å². The van der Waals surface area contributed by atoms with E-state index in [1.54, 1.807) is 6.92 Å². The topological polar surface area (TPSA) is 58.4 Å². The maximum absolute atomic E-state index is 11.0. The predicted molar refractivity (Wildman–Crippen MR) is 49.8 cm³/mol. The molecule has 0 fully saturated rings. The third-order valence-corrected chi connectivity index (χ3v) is 1.75. The predicted octanol–water partition coefficient (Wildman–Crippen LogP) is -0.598. The van der Waals surface area contributed by atoms with E-state index in [0.717, 1.165) is 13.1 Å². The number of rotatable bonds is 5. The van der Waals surface area contributed by atoms with Crippen LogP contribution in [-0.2, 0) is 4.79 Å². The summed E-state index contributed by atoms with van der Waals surface area (Å²) in [6.45, 7) is 6.29. The second kappa shape index (κ2) is 5.97. The molecule has 4 nitrogen and oxygen atoms in total. The van der Waals surface area contributed by atoms with Crippen LogP contribution >= 0.6 is 0 Å². The molecule has 0 unspecified atom stereocenters. The number of carbonyl (C=O) groups is 1. The van der Waals surface area contributed by atoms with Gasteiger partial charge in [-0.05, 0) is 20.5 Å². The average molecular weight is 173 g/mol. The smallest absolute Gasteiger partial charge is 0.236 e. The van der Waals surface area contributed by atoms with Gasteiger partial charge < -0.3 is 16.0 Å². The van der Waals surface area contributed by atoms with Crippen LogP contribution in [0, 0.1) is 0 Å². The third-order valence-electron chi connectivity index (χ3n) is 1.75. The summed E-state index contributed by atoms with van der Waals surface area (Å²) in [5.74, 6) is -0.0838. The molecule has 0 aliphatic rings. The molecule has 0 aromatic rings. The number of nitrogens with zero attached hydrogens (tertiary/aromatic N) is 1. The lowest BCUT2D eigenvalue weighted by Gasteiger charge is -2.14. The fourth-order valence-corrected chi connectivity index (χ4v) is 0.689. The van der Waals surface area contributed by atoms with E-state index < -0.39 is 6.04 Å². The minimum Gasteiger partial charge on any atom is -0.353 e. The quantitative estimate of drug-likeness (QED) is 0.584. The minimum absolute atomic E-state index is 0.0838. The Kier molecular flexibility index (Phi) is 5.66. The molecule has 3 N–H and O–H groups in total. The van der Waals surface area contributed by atoms with Crippen LogP contribution in [0.5, 0.6) is 0 Å². The van der Waals surface area contributed by atoms with Crippen molar-refractivity contribution in [3.05, 3.63) is 0 Å². The summed E-state index contributed by atoms with van der Waals surface area (Å²) in [6, 6.07) is -0.406. The van der Waals surface area contributed by atoms with E-state index in [1.807, 2.05) is 7.05 Å². The fraction of sp³-hybridized carbons (Fsp3) is 0.875. The molecule has 12 heavy (non-hydrogen) atoms. The van der Waals surface area contributed by atoms with Gasteiger partial charge in [0.25, 0.3) is 0 Å². The first-order valence-electron chi connectivity index (χ1n) is 4.29. The molecule has 4 heteroatoms. The zero-order valence-electron chi connectivity index (χ0n) is 8.13. The van der Waals surface area contributed by atoms with Gasteiger partial charge in [-0.15, -0.1) is 0 Å². The summed E-state index contributed by atoms with van der Waals surface area (Å²) in [5.41, 5.74) is 5.36. The lowest BCUT2D eigenvalue weighted by Crippen LogP contribution is -2.41. The first-order chi connectivity index (χ1) is 5.57. The maximum Gasteiger partial charge on any atom is 0.236 e. The number of amides is 1. The summed E-state index contributed by atoms with van der Waals surface area (Å²) in [5, 5.41) is 2.74. The van der Waals surface area contributed by atoms with Gasteiger partial charge in [-0.1, -0.05) is 6.92 Å². The van der Waals surface area contributed by atoms with Crippen molar-refractivity contribution in [3.8, 4) is 0 Å². The van der Waals surface area contributed by atoms with Crippen molar-refractivity contribution in [2.75, 3.05) is 26.7 Å². The molecule has 0 heterocycles. The second-order valence-electron chi connectivity index (χ2n) is 2.98. The third kappa shape index (κ3) is 5.09. The molecule has 0 spiro atoms. The molecule has 0 bridgehead atoms. The summed E-state index contributed by atoms with van der Waals surface area (Å²) in [4.78, 5) is 13.1. The highest BCUT2D eigenvalue weighted by atomic mass is 16.2. The molecular weight excluding hydrogens is 154 g/mol. The lowest BCUT2D eigenvalue weighted by atomic mass is 10.3. The van der Waals surface area contributed by atoms with Crippen molar-refractivity contribution in [2.45, 2.75) is 19.9 Å². The number of hydrogen-bond donors (Lipinski definition) is 2. The van der Waals surface area contributed by atoms with Gasteiger partial charge in [-0.2, -0.15) is 0 Å². The van der Waals surface area contributed by atoms with Crippen LogP contribution in [0.3, 0.4) is 0 Å². The molecule has 0 aromatic heterocycles. The van der Waals surface area contributed by atoms with E-state index in [9.17, 15) is 4.79 Å². The summed E-state index contributed by atoms with van der Waals surface area (Å²) in [7, 11) is 2.01. The van der Waals surface area contributed by atoms with Crippen LogP contribution in [0.25, 0.3) is 0 Å². The molecule has 0 rings (SSSR count). The summed E-state index contributed by atoms with van der Waals surface area (Å²) < 4.78 is 0. The first-order valence-corrected chi connectivity index (χ1v) is 4.29. The van der Waals surface area contributed by atoms with Crippen molar-refractivity contribution in [1.82, 2.24) is 10.2 Å². The van der Waals surface area contributed by atoms with E-state index in [1.165, 1.54) is 0 Å². The van der Waals surface area contributed by atoms with Gasteiger partial charge >= 0.3 is 0 Å². The van der Waals surface area contributed by atoms with Gasteiger partial charge in [0.1, 0.15) is 0 Å². The van der Waals surface area contributed by atoms with Gasteiger partial charge in [0, 0.05) is 13.1 Å². The van der Waals surface area contributed by atoms with Crippen LogP contribution < -0.4 is 11.1 Å². The zero-order valence-corrected chi connectivity index (χ0v) is 8.13. The lowest BCUT2D eigenvalue weighted by molar-refractivity contribution is -0.122. The average Bonchev–Trinajstić information content (AvgIpc) is 2.03. The highest BCUT2D eigenvalue weighted by Gasteiger charge is 2.05. The van der Waals surface area contributed by atoms with Crippen molar-refractivity contribution in [3.63, 3.8) is 0 Å². The molecule has 0 saturated carbocycles. The van der Waals surface area contributed by atoms with Gasteiger partial charge in [0.2, 0.25) is 5.91 Å². The molecule has 0 radical (unpaired) electrons. The van der Waals surface area contributed by atoms with Crippen LogP contribution in [-0.4, -0.2) is 43.5 Å². The van der Waals surface area contributed by atoms with E-state index in [4.69, 9.17) is 5.73 Å². The van der Waals surface area contributed by atoms with E-state index in [2.05, 4.69) is 17.1 Å². The van der Waals surface area contributed by atoms with E-state index >= 15 is 0 Å². The van der Waals surface area contributed by atoms with Gasteiger partial charge in [-0.3, -0.25) is 4.79 Å². The highest BCUT2D eigenvalue weighted by molar-refractivity contribution is 5.80. The Morgan fingerprint density at radius 1 is 1.67 bits per heavy atom. The summed E-state index contributed by atoms with van der Waals surface area (Å²) >= 11 is 0. The standard InChI is InChI=1S/C8H19N3O/c1-4-11(3)6-5-10-8(12)7(2)9/h7H,4-6,9H2,1-3H3,(H,10,12)/t7-/m0/s1. The minimum atomic E-state index is -0.406. The molecule has 1 amide bonds. The Balaban J connectivity index is 3.37. The summed E-state index contributed by atoms with van der Waals surface area (Å²) in [6.07, 6.45) is 0. The van der Waals surface area contributed by atoms with Crippen molar-refractivity contribution in [2.24, 2.45) is 5.73 Å². The number of nitrogens with two attached hydrogens (primary N) is 1. The maximum atomic E-state index is 11.0. The number of carbonyl (C=O) groups excluding carboxylic acids is 1. The molecule has 1 atom stereocenters. The van der Waals surface area contributed by atoms with Crippen LogP contribution in [0.2, 0.25) is 0 Å². The number of hydrogen-bond acceptors (Lipinski definition) is 3. The second-order valence-corrected chi connectivity index (χ2v) is 2.98. The SMILES string of the molecule is CCN(C)CCNC(=O)[C@H](C)N. The van der Waals surface area contributed by atoms with Crippen LogP contribution in [0.15, 0.2) is 0 Å². The van der Waals surface area contributed by atoms with E-state index in [0.29, 0.717) is 6.54 Å². The Morgan fingerprint density at radius 3 is 2.67 bits per heavy atom. The normalized spacial score (nSPS) is 13.1. The molecule has 0 aromatic carbocycles. The monoisotopic (exact) mass is 173 g/mol. The van der Waals surface area contributed by atoms with Crippen molar-refractivity contribution < 1.29 is 4.79 Å².